The molecule has 1 aromatic heterocycles. The van der Waals surface area contributed by atoms with Crippen molar-refractivity contribution in [1.82, 2.24) is 0 Å². The highest BCUT2D eigenvalue weighted by atomic mass is 35.5. The Morgan fingerprint density at radius 3 is 2.56 bits per heavy atom. The topological polar surface area (TPSA) is 81.7 Å². The molecule has 0 atom stereocenters. The number of anilines is 1. The van der Waals surface area contributed by atoms with Crippen molar-refractivity contribution < 1.29 is 23.9 Å². The minimum absolute atomic E-state index is 0.168. The van der Waals surface area contributed by atoms with Crippen molar-refractivity contribution in [3.63, 3.8) is 0 Å². The Bertz CT molecular complexity index is 894. The molecule has 0 spiro atoms. The van der Waals surface area contributed by atoms with E-state index in [0.717, 1.165) is 11.3 Å². The van der Waals surface area contributed by atoms with Crippen LogP contribution in [0.2, 0.25) is 10.0 Å². The average Bonchev–Trinajstić information content (AvgIpc) is 2.92. The third-order valence-corrected chi connectivity index (χ3v) is 5.31. The van der Waals surface area contributed by atoms with E-state index in [2.05, 4.69) is 5.32 Å². The first-order chi connectivity index (χ1) is 12.7. The van der Waals surface area contributed by atoms with Gasteiger partial charge < -0.3 is 14.8 Å². The number of halogens is 2. The van der Waals surface area contributed by atoms with Crippen LogP contribution in [0.5, 0.6) is 5.75 Å². The number of benzene rings is 1. The molecule has 0 bridgehead atoms. The molecule has 144 valence electrons. The summed E-state index contributed by atoms with van der Waals surface area (Å²) < 4.78 is 10.4. The maximum absolute atomic E-state index is 12.3. The van der Waals surface area contributed by atoms with Gasteiger partial charge in [0, 0.05) is 11.1 Å². The van der Waals surface area contributed by atoms with Crippen molar-refractivity contribution >= 4 is 57.2 Å². The molecule has 6 nitrogen and oxygen atoms in total. The maximum atomic E-state index is 12.3. The van der Waals surface area contributed by atoms with Crippen LogP contribution in [0.1, 0.15) is 39.4 Å². The Hall–Kier alpha value is -2.09. The largest absolute Gasteiger partial charge is 0.482 e. The van der Waals surface area contributed by atoms with Gasteiger partial charge in [0.05, 0.1) is 22.1 Å². The first kappa shape index (κ1) is 21.2. The Balaban J connectivity index is 2.19. The summed E-state index contributed by atoms with van der Waals surface area (Å²) in [4.78, 5) is 36.6. The lowest BCUT2D eigenvalue weighted by Gasteiger charge is -2.09. The number of carbonyl (C=O) groups is 3. The quantitative estimate of drug-likeness (QED) is 0.506. The molecule has 0 saturated carbocycles. The Kier molecular flexibility index (Phi) is 7.24. The van der Waals surface area contributed by atoms with E-state index >= 15 is 0 Å². The first-order valence-electron chi connectivity index (χ1n) is 7.93. The average molecular weight is 430 g/mol. The summed E-state index contributed by atoms with van der Waals surface area (Å²) in [6.07, 6.45) is 0. The number of Topliss-reactive ketones (excluding diaryl/α,β-unsaturated/α-hetero) is 1. The molecule has 2 rings (SSSR count). The lowest BCUT2D eigenvalue weighted by Crippen LogP contribution is -2.21. The minimum atomic E-state index is -0.604. The van der Waals surface area contributed by atoms with Gasteiger partial charge in [-0.2, -0.15) is 0 Å². The van der Waals surface area contributed by atoms with Crippen molar-refractivity contribution in [3.05, 3.63) is 44.2 Å². The third-order valence-electron chi connectivity index (χ3n) is 3.45. The third kappa shape index (κ3) is 5.22. The highest BCUT2D eigenvalue weighted by Gasteiger charge is 2.25. The fourth-order valence-corrected chi connectivity index (χ4v) is 3.72. The summed E-state index contributed by atoms with van der Waals surface area (Å²) in [7, 11) is 0. The molecule has 0 fully saturated rings. The second-order valence-electron chi connectivity index (χ2n) is 5.45. The summed E-state index contributed by atoms with van der Waals surface area (Å²) in [6, 6.07) is 4.64. The minimum Gasteiger partial charge on any atom is -0.482 e. The highest BCUT2D eigenvalue weighted by Crippen LogP contribution is 2.34. The molecule has 0 aliphatic heterocycles. The van der Waals surface area contributed by atoms with Crippen LogP contribution in [0.4, 0.5) is 5.00 Å². The van der Waals surface area contributed by atoms with Crippen LogP contribution in [0.15, 0.2) is 18.2 Å². The van der Waals surface area contributed by atoms with E-state index in [9.17, 15) is 14.4 Å². The second kappa shape index (κ2) is 9.21. The second-order valence-corrected chi connectivity index (χ2v) is 7.31. The van der Waals surface area contributed by atoms with Gasteiger partial charge in [-0.05, 0) is 38.5 Å². The monoisotopic (exact) mass is 429 g/mol. The van der Waals surface area contributed by atoms with E-state index in [4.69, 9.17) is 32.7 Å². The molecule has 1 amide bonds. The summed E-state index contributed by atoms with van der Waals surface area (Å²) in [5.74, 6) is -1.07. The van der Waals surface area contributed by atoms with Gasteiger partial charge in [0.15, 0.2) is 12.4 Å². The molecule has 1 heterocycles. The fraction of sp³-hybridized carbons (Fsp3) is 0.278. The van der Waals surface area contributed by atoms with E-state index in [1.54, 1.807) is 26.0 Å². The molecule has 9 heteroatoms. The number of carbonyl (C=O) groups excluding carboxylic acids is 3. The van der Waals surface area contributed by atoms with Gasteiger partial charge in [0.2, 0.25) is 0 Å². The van der Waals surface area contributed by atoms with Gasteiger partial charge in [-0.1, -0.05) is 23.2 Å². The SMILES string of the molecule is CCOC(=O)c1c(NC(=O)COc2cc(Cl)ccc2Cl)sc(C(C)=O)c1C. The lowest BCUT2D eigenvalue weighted by atomic mass is 10.1. The predicted molar refractivity (Wildman–Crippen MR) is 106 cm³/mol. The van der Waals surface area contributed by atoms with Gasteiger partial charge in [0.25, 0.3) is 5.91 Å². The Morgan fingerprint density at radius 2 is 1.93 bits per heavy atom. The number of esters is 1. The number of ether oxygens (including phenoxy) is 2. The van der Waals surface area contributed by atoms with Gasteiger partial charge >= 0.3 is 5.97 Å². The molecule has 1 aromatic carbocycles. The molecular weight excluding hydrogens is 413 g/mol. The predicted octanol–water partition coefficient (Wildman–Crippen LogP) is 4.76. The fourth-order valence-electron chi connectivity index (χ4n) is 2.28. The van der Waals surface area contributed by atoms with Crippen molar-refractivity contribution in [2.24, 2.45) is 0 Å². The van der Waals surface area contributed by atoms with E-state index in [-0.39, 0.29) is 35.3 Å². The number of hydrogen-bond acceptors (Lipinski definition) is 6. The highest BCUT2D eigenvalue weighted by molar-refractivity contribution is 7.18. The smallest absolute Gasteiger partial charge is 0.341 e. The summed E-state index contributed by atoms with van der Waals surface area (Å²) in [6.45, 7) is 4.52. The zero-order valence-corrected chi connectivity index (χ0v) is 17.2. The molecule has 0 saturated heterocycles. The van der Waals surface area contributed by atoms with Crippen LogP contribution in [-0.2, 0) is 9.53 Å². The van der Waals surface area contributed by atoms with Crippen molar-refractivity contribution in [2.75, 3.05) is 18.5 Å². The lowest BCUT2D eigenvalue weighted by molar-refractivity contribution is -0.118. The maximum Gasteiger partial charge on any atom is 0.341 e. The number of ketones is 1. The Labute approximate surface area is 170 Å². The number of nitrogens with one attached hydrogen (secondary N) is 1. The number of thiophene rings is 1. The Morgan fingerprint density at radius 1 is 1.22 bits per heavy atom. The van der Waals surface area contributed by atoms with Crippen molar-refractivity contribution in [3.8, 4) is 5.75 Å². The van der Waals surface area contributed by atoms with E-state index in [0.29, 0.717) is 20.5 Å². The van der Waals surface area contributed by atoms with Crippen LogP contribution < -0.4 is 10.1 Å². The number of amides is 1. The van der Waals surface area contributed by atoms with Crippen LogP contribution >= 0.6 is 34.5 Å². The summed E-state index contributed by atoms with van der Waals surface area (Å²) in [5, 5.41) is 3.56. The zero-order chi connectivity index (χ0) is 20.1. The normalized spacial score (nSPS) is 10.4. The van der Waals surface area contributed by atoms with Gasteiger partial charge in [0.1, 0.15) is 10.8 Å². The number of hydrogen-bond donors (Lipinski definition) is 1. The summed E-state index contributed by atoms with van der Waals surface area (Å²) in [5.41, 5.74) is 0.640. The van der Waals surface area contributed by atoms with Crippen molar-refractivity contribution in [2.45, 2.75) is 20.8 Å². The first-order valence-corrected chi connectivity index (χ1v) is 9.51. The standard InChI is InChI=1S/C18H17Cl2NO5S/c1-4-25-18(24)15-9(2)16(10(3)22)27-17(15)21-14(23)8-26-13-7-11(19)5-6-12(13)20/h5-7H,4,8H2,1-3H3,(H,21,23). The van der Waals surface area contributed by atoms with Crippen LogP contribution in [-0.4, -0.2) is 30.9 Å². The summed E-state index contributed by atoms with van der Waals surface area (Å²) >= 11 is 12.9. The van der Waals surface area contributed by atoms with Crippen LogP contribution in [0.3, 0.4) is 0 Å². The number of rotatable bonds is 7. The van der Waals surface area contributed by atoms with Gasteiger partial charge in [-0.3, -0.25) is 9.59 Å². The van der Waals surface area contributed by atoms with E-state index < -0.39 is 11.9 Å². The van der Waals surface area contributed by atoms with Crippen molar-refractivity contribution in [1.29, 1.82) is 0 Å². The molecule has 0 aliphatic rings. The van der Waals surface area contributed by atoms with E-state index in [1.165, 1.54) is 13.0 Å². The van der Waals surface area contributed by atoms with E-state index in [1.807, 2.05) is 0 Å². The molecular formula is C18H17Cl2NO5S. The van der Waals surface area contributed by atoms with Gasteiger partial charge in [-0.15, -0.1) is 11.3 Å². The molecule has 1 N–H and O–H groups in total. The molecule has 2 aromatic rings. The van der Waals surface area contributed by atoms with Crippen LogP contribution in [0.25, 0.3) is 0 Å². The zero-order valence-electron chi connectivity index (χ0n) is 14.9. The van der Waals surface area contributed by atoms with Crippen LogP contribution in [0, 0.1) is 6.92 Å². The molecule has 0 radical (unpaired) electrons. The van der Waals surface area contributed by atoms with Gasteiger partial charge in [-0.25, -0.2) is 4.79 Å². The molecule has 0 unspecified atom stereocenters. The molecule has 27 heavy (non-hydrogen) atoms. The molecule has 0 aliphatic carbocycles.